The molecule has 0 atom stereocenters. The number of benzene rings is 1. The molecule has 1 aromatic heterocycles. The van der Waals surface area contributed by atoms with Gasteiger partial charge in [-0.2, -0.15) is 13.2 Å². The number of rotatable bonds is 2. The fraction of sp³-hybridized carbons (Fsp3) is 0.154. The number of pyridine rings is 1. The van der Waals surface area contributed by atoms with Gasteiger partial charge in [0.15, 0.2) is 0 Å². The van der Waals surface area contributed by atoms with Crippen LogP contribution in [0, 0.1) is 6.92 Å². The van der Waals surface area contributed by atoms with Gasteiger partial charge in [0, 0.05) is 10.7 Å². The van der Waals surface area contributed by atoms with Gasteiger partial charge in [-0.05, 0) is 52.7 Å². The number of hydrogen-bond acceptors (Lipinski definition) is 2. The molecule has 106 valence electrons. The maximum atomic E-state index is 12.7. The van der Waals surface area contributed by atoms with Crippen LogP contribution < -0.4 is 5.32 Å². The predicted octanol–water partition coefficient (Wildman–Crippen LogP) is 5.57. The Morgan fingerprint density at radius 1 is 1.25 bits per heavy atom. The molecule has 0 aliphatic rings. The predicted molar refractivity (Wildman–Crippen MR) is 76.4 cm³/mol. The van der Waals surface area contributed by atoms with Crippen molar-refractivity contribution in [3.05, 3.63) is 51.1 Å². The van der Waals surface area contributed by atoms with Gasteiger partial charge in [-0.3, -0.25) is 0 Å². The number of aromatic nitrogens is 1. The van der Waals surface area contributed by atoms with E-state index < -0.39 is 11.7 Å². The van der Waals surface area contributed by atoms with Crippen molar-refractivity contribution in [2.24, 2.45) is 0 Å². The zero-order valence-electron chi connectivity index (χ0n) is 10.2. The van der Waals surface area contributed by atoms with Gasteiger partial charge in [0.05, 0.1) is 16.3 Å². The lowest BCUT2D eigenvalue weighted by molar-refractivity contribution is -0.137. The molecule has 2 rings (SSSR count). The summed E-state index contributed by atoms with van der Waals surface area (Å²) in [7, 11) is 0. The molecule has 0 saturated carbocycles. The average molecular weight is 366 g/mol. The third-order valence-corrected chi connectivity index (χ3v) is 3.76. The van der Waals surface area contributed by atoms with Crippen LogP contribution in [-0.4, -0.2) is 4.98 Å². The lowest BCUT2D eigenvalue weighted by Crippen LogP contribution is -2.05. The molecule has 1 N–H and O–H groups in total. The first-order valence-electron chi connectivity index (χ1n) is 5.53. The summed E-state index contributed by atoms with van der Waals surface area (Å²) in [5.74, 6) is 0.423. The maximum absolute atomic E-state index is 12.7. The fourth-order valence-electron chi connectivity index (χ4n) is 1.54. The van der Waals surface area contributed by atoms with Crippen LogP contribution >= 0.6 is 27.5 Å². The van der Waals surface area contributed by atoms with Crippen molar-refractivity contribution in [3.63, 3.8) is 0 Å². The smallest absolute Gasteiger partial charge is 0.339 e. The summed E-state index contributed by atoms with van der Waals surface area (Å²) in [5.41, 5.74) is 0.305. The Hall–Kier alpha value is -1.27. The third kappa shape index (κ3) is 3.43. The molecule has 0 amide bonds. The van der Waals surface area contributed by atoms with E-state index in [-0.39, 0.29) is 10.7 Å². The van der Waals surface area contributed by atoms with Crippen LogP contribution in [0.25, 0.3) is 0 Å². The van der Waals surface area contributed by atoms with Crippen LogP contribution in [0.1, 0.15) is 11.1 Å². The van der Waals surface area contributed by atoms with Gasteiger partial charge in [0.1, 0.15) is 5.82 Å². The first-order chi connectivity index (χ1) is 9.27. The Bertz CT molecular complexity index is 644. The van der Waals surface area contributed by atoms with Crippen LogP contribution in [0.3, 0.4) is 0 Å². The third-order valence-electron chi connectivity index (χ3n) is 2.60. The number of aryl methyl sites for hydroxylation is 1. The largest absolute Gasteiger partial charge is 0.416 e. The highest BCUT2D eigenvalue weighted by Gasteiger charge is 2.31. The highest BCUT2D eigenvalue weighted by atomic mass is 79.9. The van der Waals surface area contributed by atoms with E-state index in [9.17, 15) is 13.2 Å². The van der Waals surface area contributed by atoms with Gasteiger partial charge in [0.25, 0.3) is 0 Å². The van der Waals surface area contributed by atoms with Gasteiger partial charge in [-0.1, -0.05) is 11.6 Å². The minimum Gasteiger partial charge on any atom is -0.339 e. The molecule has 20 heavy (non-hydrogen) atoms. The van der Waals surface area contributed by atoms with Crippen molar-refractivity contribution >= 4 is 39.0 Å². The number of halogens is 5. The SMILES string of the molecule is Cc1cc(Nc2cc(C(F)(F)F)ccc2Cl)ncc1Br. The maximum Gasteiger partial charge on any atom is 0.416 e. The normalized spacial score (nSPS) is 11.5. The van der Waals surface area contributed by atoms with E-state index in [1.165, 1.54) is 6.07 Å². The van der Waals surface area contributed by atoms with E-state index in [1.807, 2.05) is 6.92 Å². The van der Waals surface area contributed by atoms with Gasteiger partial charge < -0.3 is 5.32 Å². The molecule has 1 aromatic carbocycles. The van der Waals surface area contributed by atoms with E-state index in [2.05, 4.69) is 26.2 Å². The standard InChI is InChI=1S/C13H9BrClF3N2/c1-7-4-12(19-6-9(7)14)20-11-5-8(13(16,17)18)2-3-10(11)15/h2-6H,1H3,(H,19,20). The van der Waals surface area contributed by atoms with Gasteiger partial charge >= 0.3 is 6.18 Å². The van der Waals surface area contributed by atoms with Crippen molar-refractivity contribution in [3.8, 4) is 0 Å². The molecule has 0 unspecified atom stereocenters. The average Bonchev–Trinajstić information content (AvgIpc) is 2.35. The number of alkyl halides is 3. The molecule has 0 bridgehead atoms. The van der Waals surface area contributed by atoms with Crippen molar-refractivity contribution in [2.75, 3.05) is 5.32 Å². The van der Waals surface area contributed by atoms with E-state index >= 15 is 0 Å². The Morgan fingerprint density at radius 2 is 1.95 bits per heavy atom. The van der Waals surface area contributed by atoms with Crippen LogP contribution in [0.4, 0.5) is 24.7 Å². The van der Waals surface area contributed by atoms with Crippen molar-refractivity contribution in [1.29, 1.82) is 0 Å². The van der Waals surface area contributed by atoms with Crippen LogP contribution in [0.5, 0.6) is 0 Å². The van der Waals surface area contributed by atoms with Crippen LogP contribution in [0.15, 0.2) is 34.9 Å². The molecule has 7 heteroatoms. The van der Waals surface area contributed by atoms with Crippen LogP contribution in [-0.2, 0) is 6.18 Å². The number of hydrogen-bond donors (Lipinski definition) is 1. The molecule has 2 nitrogen and oxygen atoms in total. The zero-order valence-corrected chi connectivity index (χ0v) is 12.6. The minimum atomic E-state index is -4.41. The molecule has 0 fully saturated rings. The molecule has 0 aliphatic carbocycles. The second kappa shape index (κ2) is 5.61. The summed E-state index contributed by atoms with van der Waals surface area (Å²) >= 11 is 9.20. The first-order valence-corrected chi connectivity index (χ1v) is 6.70. The van der Waals surface area contributed by atoms with E-state index in [1.54, 1.807) is 12.3 Å². The highest BCUT2D eigenvalue weighted by Crippen LogP contribution is 2.34. The molecule has 2 aromatic rings. The molecular formula is C13H9BrClF3N2. The number of anilines is 2. The Balaban J connectivity index is 2.35. The monoisotopic (exact) mass is 364 g/mol. The van der Waals surface area contributed by atoms with E-state index in [0.717, 1.165) is 22.2 Å². The summed E-state index contributed by atoms with van der Waals surface area (Å²) < 4.78 is 38.8. The lowest BCUT2D eigenvalue weighted by atomic mass is 10.2. The Kier molecular flexibility index (Phi) is 4.25. The van der Waals surface area contributed by atoms with Crippen molar-refractivity contribution < 1.29 is 13.2 Å². The molecular weight excluding hydrogens is 357 g/mol. The summed E-state index contributed by atoms with van der Waals surface area (Å²) in [6.45, 7) is 1.85. The van der Waals surface area contributed by atoms with E-state index in [0.29, 0.717) is 5.82 Å². The number of nitrogens with one attached hydrogen (secondary N) is 1. The summed E-state index contributed by atoms with van der Waals surface area (Å²) in [4.78, 5) is 4.07. The molecule has 0 aliphatic heterocycles. The quantitative estimate of drug-likeness (QED) is 0.753. The summed E-state index contributed by atoms with van der Waals surface area (Å²) in [5, 5.41) is 2.98. The second-order valence-corrected chi connectivity index (χ2v) is 5.40. The zero-order chi connectivity index (χ0) is 14.9. The molecule has 0 radical (unpaired) electrons. The van der Waals surface area contributed by atoms with Crippen molar-refractivity contribution in [2.45, 2.75) is 13.1 Å². The summed E-state index contributed by atoms with van der Waals surface area (Å²) in [6.07, 6.45) is -2.84. The first kappa shape index (κ1) is 15.1. The molecule has 0 saturated heterocycles. The summed E-state index contributed by atoms with van der Waals surface area (Å²) in [6, 6.07) is 4.81. The van der Waals surface area contributed by atoms with Crippen molar-refractivity contribution in [1.82, 2.24) is 4.98 Å². The van der Waals surface area contributed by atoms with E-state index in [4.69, 9.17) is 11.6 Å². The highest BCUT2D eigenvalue weighted by molar-refractivity contribution is 9.10. The number of nitrogens with zero attached hydrogens (tertiary/aromatic N) is 1. The van der Waals surface area contributed by atoms with Gasteiger partial charge in [-0.15, -0.1) is 0 Å². The molecule has 0 spiro atoms. The topological polar surface area (TPSA) is 24.9 Å². The minimum absolute atomic E-state index is 0.163. The Labute approximate surface area is 127 Å². The fourth-order valence-corrected chi connectivity index (χ4v) is 1.92. The van der Waals surface area contributed by atoms with Gasteiger partial charge in [0.2, 0.25) is 0 Å². The van der Waals surface area contributed by atoms with Crippen LogP contribution in [0.2, 0.25) is 5.02 Å². The second-order valence-electron chi connectivity index (χ2n) is 4.14. The Morgan fingerprint density at radius 3 is 2.55 bits per heavy atom. The molecule has 1 heterocycles. The van der Waals surface area contributed by atoms with Gasteiger partial charge in [-0.25, -0.2) is 4.98 Å². The lowest BCUT2D eigenvalue weighted by Gasteiger charge is -2.12.